The second-order valence-corrected chi connectivity index (χ2v) is 8.91. The molecule has 25 heavy (non-hydrogen) atoms. The fraction of sp³-hybridized carbons (Fsp3) is 0.619. The van der Waals surface area contributed by atoms with E-state index in [4.69, 9.17) is 4.74 Å². The molecular formula is C21H25NO3. The molecule has 3 aliphatic carbocycles. The molecule has 0 amide bonds. The van der Waals surface area contributed by atoms with E-state index in [1.165, 1.54) is 18.4 Å². The summed E-state index contributed by atoms with van der Waals surface area (Å²) in [6.45, 7) is 6.40. The van der Waals surface area contributed by atoms with Crippen molar-refractivity contribution in [2.45, 2.75) is 61.7 Å². The van der Waals surface area contributed by atoms with E-state index in [0.29, 0.717) is 5.75 Å². The van der Waals surface area contributed by atoms with Crippen LogP contribution in [0, 0.1) is 5.92 Å². The molecule has 1 aromatic carbocycles. The maximum absolute atomic E-state index is 12.1. The number of aliphatic hydroxyl groups is 1. The monoisotopic (exact) mass is 339 g/mol. The van der Waals surface area contributed by atoms with Crippen molar-refractivity contribution in [2.24, 2.45) is 5.92 Å². The number of piperidine rings is 1. The summed E-state index contributed by atoms with van der Waals surface area (Å²) in [7, 11) is 0. The summed E-state index contributed by atoms with van der Waals surface area (Å²) < 4.78 is 6.29. The number of ether oxygens (including phenoxy) is 1. The van der Waals surface area contributed by atoms with Gasteiger partial charge in [-0.15, -0.1) is 0 Å². The molecule has 2 aliphatic heterocycles. The van der Waals surface area contributed by atoms with Gasteiger partial charge in [0.05, 0.1) is 11.0 Å². The van der Waals surface area contributed by atoms with Crippen LogP contribution in [0.25, 0.3) is 0 Å². The van der Waals surface area contributed by atoms with E-state index < -0.39 is 11.0 Å². The number of likely N-dealkylation sites (tertiary alicyclic amines) is 1. The minimum Gasteiger partial charge on any atom is -0.504 e. The summed E-state index contributed by atoms with van der Waals surface area (Å²) >= 11 is 0. The van der Waals surface area contributed by atoms with Gasteiger partial charge in [-0.25, -0.2) is 0 Å². The van der Waals surface area contributed by atoms with Gasteiger partial charge in [0.25, 0.3) is 0 Å². The lowest BCUT2D eigenvalue weighted by Gasteiger charge is -2.63. The number of phenolic OH excluding ortho intramolecular Hbond substituents is 1. The van der Waals surface area contributed by atoms with Gasteiger partial charge in [0.1, 0.15) is 6.10 Å². The van der Waals surface area contributed by atoms with Crippen molar-refractivity contribution >= 4 is 0 Å². The lowest BCUT2D eigenvalue weighted by Crippen LogP contribution is -2.75. The lowest BCUT2D eigenvalue weighted by molar-refractivity contribution is -0.174. The van der Waals surface area contributed by atoms with E-state index in [0.717, 1.165) is 55.8 Å². The Morgan fingerprint density at radius 2 is 2.12 bits per heavy atom. The number of rotatable bonds is 2. The van der Waals surface area contributed by atoms with E-state index >= 15 is 0 Å². The Morgan fingerprint density at radius 1 is 1.28 bits per heavy atom. The number of aromatic hydroxyl groups is 1. The first kappa shape index (κ1) is 14.6. The van der Waals surface area contributed by atoms with Crippen molar-refractivity contribution in [2.75, 3.05) is 13.1 Å². The zero-order valence-electron chi connectivity index (χ0n) is 14.5. The first-order chi connectivity index (χ1) is 12.0. The van der Waals surface area contributed by atoms with Crippen LogP contribution in [0.5, 0.6) is 11.5 Å². The Morgan fingerprint density at radius 3 is 2.92 bits per heavy atom. The van der Waals surface area contributed by atoms with Crippen molar-refractivity contribution < 1.29 is 14.9 Å². The molecule has 132 valence electrons. The fourth-order valence-electron chi connectivity index (χ4n) is 6.39. The third-order valence-corrected chi connectivity index (χ3v) is 7.71. The van der Waals surface area contributed by atoms with Crippen LogP contribution in [0.4, 0.5) is 0 Å². The Hall–Kier alpha value is -1.52. The third-order valence-electron chi connectivity index (χ3n) is 7.71. The molecule has 0 aromatic heterocycles. The predicted molar refractivity (Wildman–Crippen MR) is 93.9 cm³/mol. The number of phenols is 1. The predicted octanol–water partition coefficient (Wildman–Crippen LogP) is 2.51. The molecule has 5 aliphatic rings. The van der Waals surface area contributed by atoms with Gasteiger partial charge < -0.3 is 14.9 Å². The molecule has 2 saturated carbocycles. The molecule has 1 aromatic rings. The van der Waals surface area contributed by atoms with Crippen molar-refractivity contribution in [1.82, 2.24) is 4.90 Å². The summed E-state index contributed by atoms with van der Waals surface area (Å²) in [6.07, 6.45) is 5.79. The van der Waals surface area contributed by atoms with Crippen LogP contribution in [0.2, 0.25) is 0 Å². The maximum Gasteiger partial charge on any atom is 0.166 e. The maximum atomic E-state index is 12.1. The number of nitrogens with zero attached hydrogens (tertiary/aromatic N) is 1. The van der Waals surface area contributed by atoms with Gasteiger partial charge in [0.2, 0.25) is 0 Å². The highest BCUT2D eigenvalue weighted by Gasteiger charge is 2.71. The van der Waals surface area contributed by atoms with E-state index in [-0.39, 0.29) is 17.9 Å². The van der Waals surface area contributed by atoms with Gasteiger partial charge in [0, 0.05) is 18.2 Å². The minimum absolute atomic E-state index is 0.157. The van der Waals surface area contributed by atoms with Crippen molar-refractivity contribution in [3.8, 4) is 11.5 Å². The van der Waals surface area contributed by atoms with Crippen LogP contribution in [0.15, 0.2) is 24.3 Å². The van der Waals surface area contributed by atoms with Gasteiger partial charge in [-0.2, -0.15) is 0 Å². The van der Waals surface area contributed by atoms with Gasteiger partial charge in [-0.3, -0.25) is 4.90 Å². The zero-order chi connectivity index (χ0) is 17.0. The second kappa shape index (κ2) is 4.41. The van der Waals surface area contributed by atoms with E-state index in [1.54, 1.807) is 6.07 Å². The van der Waals surface area contributed by atoms with Crippen LogP contribution in [-0.4, -0.2) is 45.9 Å². The Balaban J connectivity index is 1.58. The molecule has 1 spiro atoms. The molecule has 4 atom stereocenters. The number of hydrogen-bond donors (Lipinski definition) is 2. The minimum atomic E-state index is -0.780. The smallest absolute Gasteiger partial charge is 0.166 e. The molecular weight excluding hydrogens is 314 g/mol. The summed E-state index contributed by atoms with van der Waals surface area (Å²) in [6, 6.07) is 3.96. The summed E-state index contributed by atoms with van der Waals surface area (Å²) in [5.74, 6) is 1.64. The third kappa shape index (κ3) is 1.57. The highest BCUT2D eigenvalue weighted by atomic mass is 16.5. The van der Waals surface area contributed by atoms with Crippen LogP contribution >= 0.6 is 0 Å². The zero-order valence-corrected chi connectivity index (χ0v) is 14.5. The summed E-state index contributed by atoms with van der Waals surface area (Å²) in [5, 5.41) is 22.5. The number of benzene rings is 1. The van der Waals surface area contributed by atoms with Gasteiger partial charge in [-0.05, 0) is 68.2 Å². The standard InChI is InChI=1S/C21H25NO3/c1-12-6-7-21(24)16-10-14-4-5-15(23)18-17(14)20(21,19(12)25-18)8-9-22(16)11-13-2-3-13/h4-5,13,16,19,23-24H,1-3,6-11H2/t16-,19-,20+,21-/m1/s1. The van der Waals surface area contributed by atoms with Crippen LogP contribution in [0.3, 0.4) is 0 Å². The van der Waals surface area contributed by atoms with E-state index in [2.05, 4.69) is 11.5 Å². The molecule has 3 fully saturated rings. The lowest BCUT2D eigenvalue weighted by atomic mass is 9.48. The largest absolute Gasteiger partial charge is 0.504 e. The molecule has 2 N–H and O–H groups in total. The van der Waals surface area contributed by atoms with Crippen molar-refractivity contribution in [1.29, 1.82) is 0 Å². The highest BCUT2D eigenvalue weighted by Crippen LogP contribution is 2.66. The van der Waals surface area contributed by atoms with Gasteiger partial charge in [0.15, 0.2) is 11.5 Å². The van der Waals surface area contributed by atoms with Crippen LogP contribution < -0.4 is 4.74 Å². The second-order valence-electron chi connectivity index (χ2n) is 8.91. The van der Waals surface area contributed by atoms with Gasteiger partial charge in [-0.1, -0.05) is 12.6 Å². The number of hydrogen-bond acceptors (Lipinski definition) is 4. The molecule has 2 bridgehead atoms. The average Bonchev–Trinajstić information content (AvgIpc) is 3.32. The normalized spacial score (nSPS) is 41.4. The fourth-order valence-corrected chi connectivity index (χ4v) is 6.39. The molecule has 0 radical (unpaired) electrons. The molecule has 2 heterocycles. The average molecular weight is 339 g/mol. The summed E-state index contributed by atoms with van der Waals surface area (Å²) in [5.41, 5.74) is 2.21. The SMILES string of the molecule is C=C1CC[C@@]2(O)[C@H]3Cc4ccc(O)c5c4[C@@]2(CCN3CC2CC2)[C@@H]1O5. The summed E-state index contributed by atoms with van der Waals surface area (Å²) in [4.78, 5) is 2.56. The molecule has 4 heteroatoms. The molecule has 0 unspecified atom stereocenters. The van der Waals surface area contributed by atoms with E-state index in [1.807, 2.05) is 6.07 Å². The molecule has 4 nitrogen and oxygen atoms in total. The van der Waals surface area contributed by atoms with Gasteiger partial charge >= 0.3 is 0 Å². The quantitative estimate of drug-likeness (QED) is 0.813. The van der Waals surface area contributed by atoms with Crippen LogP contribution in [0.1, 0.15) is 43.2 Å². The molecule has 6 rings (SSSR count). The Labute approximate surface area is 148 Å². The first-order valence-corrected chi connectivity index (χ1v) is 9.71. The Kier molecular flexibility index (Phi) is 2.58. The first-order valence-electron chi connectivity index (χ1n) is 9.71. The highest BCUT2D eigenvalue weighted by molar-refractivity contribution is 5.63. The topological polar surface area (TPSA) is 52.9 Å². The Bertz CT molecular complexity index is 801. The van der Waals surface area contributed by atoms with Crippen molar-refractivity contribution in [3.63, 3.8) is 0 Å². The molecule has 1 saturated heterocycles. The van der Waals surface area contributed by atoms with Crippen LogP contribution in [-0.2, 0) is 11.8 Å². The van der Waals surface area contributed by atoms with Crippen molar-refractivity contribution in [3.05, 3.63) is 35.4 Å². The van der Waals surface area contributed by atoms with E-state index in [9.17, 15) is 10.2 Å².